The van der Waals surface area contributed by atoms with Crippen molar-refractivity contribution in [2.45, 2.75) is 18.7 Å². The number of alkyl halides is 1. The van der Waals surface area contributed by atoms with Crippen molar-refractivity contribution in [1.82, 2.24) is 0 Å². The quantitative estimate of drug-likeness (QED) is 0.717. The van der Waals surface area contributed by atoms with Gasteiger partial charge in [0.25, 0.3) is 0 Å². The van der Waals surface area contributed by atoms with Gasteiger partial charge in [-0.2, -0.15) is 0 Å². The summed E-state index contributed by atoms with van der Waals surface area (Å²) in [6.45, 7) is 2.17. The molecular weight excluding hydrogens is 172 g/mol. The van der Waals surface area contributed by atoms with Crippen LogP contribution in [0.1, 0.15) is 22.9 Å². The van der Waals surface area contributed by atoms with Crippen LogP contribution in [0.3, 0.4) is 0 Å². The molecule has 66 valence electrons. The summed E-state index contributed by atoms with van der Waals surface area (Å²) >= 11 is 6.02. The maximum absolute atomic E-state index is 8.68. The Kier molecular flexibility index (Phi) is 3.57. The number of aryl methyl sites for hydroxylation is 1. The number of aliphatic hydroxyl groups is 1. The molecule has 1 atom stereocenters. The fraction of sp³-hybridized carbons (Fsp3) is 0.400. The van der Waals surface area contributed by atoms with Crippen LogP contribution < -0.4 is 0 Å². The van der Waals surface area contributed by atoms with Gasteiger partial charge >= 0.3 is 0 Å². The first-order valence-corrected chi connectivity index (χ1v) is 4.49. The number of halogens is 1. The van der Waals surface area contributed by atoms with Gasteiger partial charge in [0.2, 0.25) is 0 Å². The highest BCUT2D eigenvalue weighted by Crippen LogP contribution is 2.23. The number of aliphatic hydroxyl groups excluding tert-OH is 1. The second kappa shape index (κ2) is 4.48. The number of hydrogen-bond acceptors (Lipinski definition) is 1. The zero-order chi connectivity index (χ0) is 8.97. The molecule has 12 heavy (non-hydrogen) atoms. The molecule has 1 unspecified atom stereocenters. The van der Waals surface area contributed by atoms with Crippen LogP contribution in [0.15, 0.2) is 24.3 Å². The van der Waals surface area contributed by atoms with E-state index in [-0.39, 0.29) is 12.0 Å². The lowest BCUT2D eigenvalue weighted by Gasteiger charge is -2.07. The van der Waals surface area contributed by atoms with Crippen molar-refractivity contribution >= 4 is 11.6 Å². The molecule has 0 aliphatic rings. The molecule has 0 bridgehead atoms. The first-order valence-electron chi connectivity index (χ1n) is 4.05. The zero-order valence-corrected chi connectivity index (χ0v) is 7.88. The van der Waals surface area contributed by atoms with Crippen LogP contribution in [0.25, 0.3) is 0 Å². The van der Waals surface area contributed by atoms with Crippen LogP contribution in [-0.2, 0) is 0 Å². The maximum Gasteiger partial charge on any atom is 0.0607 e. The Labute approximate surface area is 78.0 Å². The summed E-state index contributed by atoms with van der Waals surface area (Å²) in [4.78, 5) is 0. The predicted octanol–water partition coefficient (Wildman–Crippen LogP) is 2.66. The molecule has 0 aliphatic carbocycles. The molecule has 0 saturated heterocycles. The largest absolute Gasteiger partial charge is 0.396 e. The molecule has 0 spiro atoms. The second-order valence-corrected chi connectivity index (χ2v) is 3.42. The summed E-state index contributed by atoms with van der Waals surface area (Å²) in [6, 6.07) is 8.05. The Morgan fingerprint density at radius 2 is 2.25 bits per heavy atom. The highest BCUT2D eigenvalue weighted by atomic mass is 35.5. The molecule has 0 amide bonds. The molecular formula is C10H13ClO. The molecule has 1 aromatic rings. The monoisotopic (exact) mass is 184 g/mol. The summed E-state index contributed by atoms with van der Waals surface area (Å²) in [5, 5.41) is 8.62. The lowest BCUT2D eigenvalue weighted by atomic mass is 10.1. The van der Waals surface area contributed by atoms with Crippen LogP contribution in [-0.4, -0.2) is 11.7 Å². The molecule has 0 aliphatic heterocycles. The fourth-order valence-electron chi connectivity index (χ4n) is 1.14. The van der Waals surface area contributed by atoms with Gasteiger partial charge in [-0.05, 0) is 18.9 Å². The molecule has 0 saturated carbocycles. The molecule has 0 fully saturated rings. The van der Waals surface area contributed by atoms with Gasteiger partial charge in [-0.15, -0.1) is 11.6 Å². The fourth-order valence-corrected chi connectivity index (χ4v) is 1.38. The number of benzene rings is 1. The van der Waals surface area contributed by atoms with Crippen molar-refractivity contribution in [2.75, 3.05) is 6.61 Å². The smallest absolute Gasteiger partial charge is 0.0607 e. The minimum absolute atomic E-state index is 0.0603. The topological polar surface area (TPSA) is 20.2 Å². The normalized spacial score (nSPS) is 12.9. The predicted molar refractivity (Wildman–Crippen MR) is 51.5 cm³/mol. The second-order valence-electron chi connectivity index (χ2n) is 2.89. The van der Waals surface area contributed by atoms with Crippen molar-refractivity contribution in [2.24, 2.45) is 0 Å². The standard InChI is InChI=1S/C10H13ClO/c1-8-3-2-4-9(7-8)10(11)5-6-12/h2-4,7,10,12H,5-6H2,1H3. The molecule has 1 aromatic carbocycles. The average molecular weight is 185 g/mol. The SMILES string of the molecule is Cc1cccc(C(Cl)CCO)c1. The third-order valence-corrected chi connectivity index (χ3v) is 2.26. The van der Waals surface area contributed by atoms with E-state index in [2.05, 4.69) is 0 Å². The van der Waals surface area contributed by atoms with E-state index in [1.165, 1.54) is 5.56 Å². The van der Waals surface area contributed by atoms with Gasteiger partial charge in [0.1, 0.15) is 0 Å². The van der Waals surface area contributed by atoms with E-state index < -0.39 is 0 Å². The van der Waals surface area contributed by atoms with E-state index >= 15 is 0 Å². The molecule has 1 N–H and O–H groups in total. The Balaban J connectivity index is 2.73. The van der Waals surface area contributed by atoms with Crippen molar-refractivity contribution in [3.05, 3.63) is 35.4 Å². The first-order chi connectivity index (χ1) is 5.74. The van der Waals surface area contributed by atoms with Gasteiger partial charge in [-0.25, -0.2) is 0 Å². The molecule has 0 aromatic heterocycles. The zero-order valence-electron chi connectivity index (χ0n) is 7.13. The van der Waals surface area contributed by atoms with E-state index in [9.17, 15) is 0 Å². The van der Waals surface area contributed by atoms with Crippen molar-refractivity contribution in [3.8, 4) is 0 Å². The Bertz CT molecular complexity index is 247. The van der Waals surface area contributed by atoms with Crippen molar-refractivity contribution in [3.63, 3.8) is 0 Å². The van der Waals surface area contributed by atoms with Gasteiger partial charge < -0.3 is 5.11 Å². The van der Waals surface area contributed by atoms with Crippen molar-refractivity contribution < 1.29 is 5.11 Å². The minimum atomic E-state index is -0.0603. The summed E-state index contributed by atoms with van der Waals surface area (Å²) in [5.74, 6) is 0. The van der Waals surface area contributed by atoms with Crippen LogP contribution in [0, 0.1) is 6.92 Å². The Morgan fingerprint density at radius 3 is 2.83 bits per heavy atom. The molecule has 2 heteroatoms. The van der Waals surface area contributed by atoms with Gasteiger partial charge in [-0.1, -0.05) is 29.8 Å². The Hall–Kier alpha value is -0.530. The van der Waals surface area contributed by atoms with Crippen molar-refractivity contribution in [1.29, 1.82) is 0 Å². The van der Waals surface area contributed by atoms with E-state index in [4.69, 9.17) is 16.7 Å². The van der Waals surface area contributed by atoms with E-state index in [0.717, 1.165) is 5.56 Å². The summed E-state index contributed by atoms with van der Waals surface area (Å²) < 4.78 is 0. The van der Waals surface area contributed by atoms with Gasteiger partial charge in [0, 0.05) is 6.61 Å². The summed E-state index contributed by atoms with van der Waals surface area (Å²) in [7, 11) is 0. The Morgan fingerprint density at radius 1 is 1.50 bits per heavy atom. The van der Waals surface area contributed by atoms with E-state index in [1.807, 2.05) is 31.2 Å². The average Bonchev–Trinajstić information content (AvgIpc) is 2.05. The number of rotatable bonds is 3. The first kappa shape index (κ1) is 9.56. The minimum Gasteiger partial charge on any atom is -0.396 e. The third kappa shape index (κ3) is 2.50. The third-order valence-electron chi connectivity index (χ3n) is 1.79. The molecule has 1 nitrogen and oxygen atoms in total. The van der Waals surface area contributed by atoms with Crippen LogP contribution >= 0.6 is 11.6 Å². The highest BCUT2D eigenvalue weighted by molar-refractivity contribution is 6.20. The van der Waals surface area contributed by atoms with Crippen LogP contribution in [0.2, 0.25) is 0 Å². The lowest BCUT2D eigenvalue weighted by Crippen LogP contribution is -1.94. The van der Waals surface area contributed by atoms with E-state index in [0.29, 0.717) is 6.42 Å². The lowest BCUT2D eigenvalue weighted by molar-refractivity contribution is 0.286. The molecule has 0 heterocycles. The summed E-state index contributed by atoms with van der Waals surface area (Å²) in [6.07, 6.45) is 0.616. The highest BCUT2D eigenvalue weighted by Gasteiger charge is 2.05. The molecule has 0 radical (unpaired) electrons. The van der Waals surface area contributed by atoms with Gasteiger partial charge in [0.05, 0.1) is 5.38 Å². The van der Waals surface area contributed by atoms with Crippen LogP contribution in [0.5, 0.6) is 0 Å². The van der Waals surface area contributed by atoms with E-state index in [1.54, 1.807) is 0 Å². The molecule has 1 rings (SSSR count). The summed E-state index contributed by atoms with van der Waals surface area (Å²) in [5.41, 5.74) is 2.29. The van der Waals surface area contributed by atoms with Gasteiger partial charge in [-0.3, -0.25) is 0 Å². The number of hydrogen-bond donors (Lipinski definition) is 1. The van der Waals surface area contributed by atoms with Crippen LogP contribution in [0.4, 0.5) is 0 Å². The van der Waals surface area contributed by atoms with Gasteiger partial charge in [0.15, 0.2) is 0 Å². The maximum atomic E-state index is 8.68.